The van der Waals surface area contributed by atoms with Crippen molar-refractivity contribution in [3.63, 3.8) is 0 Å². The second-order valence-electron chi connectivity index (χ2n) is 4.65. The van der Waals surface area contributed by atoms with Crippen LogP contribution in [0.1, 0.15) is 40.0 Å². The van der Waals surface area contributed by atoms with Crippen molar-refractivity contribution in [2.24, 2.45) is 5.92 Å². The number of esters is 2. The Balaban J connectivity index is 2.71. The van der Waals surface area contributed by atoms with Crippen LogP contribution in [0.4, 0.5) is 0 Å². The van der Waals surface area contributed by atoms with Gasteiger partial charge in [-0.25, -0.2) is 0 Å². The van der Waals surface area contributed by atoms with Gasteiger partial charge in [-0.05, 0) is 32.1 Å². The average Bonchev–Trinajstić information content (AvgIpc) is 2.27. The zero-order valence-electron chi connectivity index (χ0n) is 11.2. The zero-order chi connectivity index (χ0) is 13.7. The van der Waals surface area contributed by atoms with E-state index in [9.17, 15) is 9.59 Å². The summed E-state index contributed by atoms with van der Waals surface area (Å²) in [5.74, 6) is -0.447. The summed E-state index contributed by atoms with van der Waals surface area (Å²) in [7, 11) is 0. The van der Waals surface area contributed by atoms with Crippen molar-refractivity contribution in [1.82, 2.24) is 0 Å². The highest BCUT2D eigenvalue weighted by Crippen LogP contribution is 2.30. The first-order valence-electron chi connectivity index (χ1n) is 6.09. The summed E-state index contributed by atoms with van der Waals surface area (Å²) in [5, 5.41) is 0. The molecule has 1 rings (SSSR count). The lowest BCUT2D eigenvalue weighted by Crippen LogP contribution is -2.26. The maximum Gasteiger partial charge on any atom is 0.305 e. The van der Waals surface area contributed by atoms with Gasteiger partial charge in [0.2, 0.25) is 0 Å². The molecule has 0 fully saturated rings. The Hall–Kier alpha value is -1.58. The van der Waals surface area contributed by atoms with Gasteiger partial charge < -0.3 is 9.47 Å². The predicted octanol–water partition coefficient (Wildman–Crippen LogP) is 2.74. The fraction of sp³-hybridized carbons (Fsp3) is 0.571. The molecular weight excluding hydrogens is 232 g/mol. The van der Waals surface area contributed by atoms with Crippen molar-refractivity contribution in [2.45, 2.75) is 46.3 Å². The molecule has 4 heteroatoms. The predicted molar refractivity (Wildman–Crippen MR) is 67.6 cm³/mol. The molecule has 0 saturated heterocycles. The van der Waals surface area contributed by atoms with E-state index < -0.39 is 18.2 Å². The molecule has 0 aromatic heterocycles. The number of allylic oxidation sites excluding steroid dienone is 2. The van der Waals surface area contributed by atoms with Crippen LogP contribution in [-0.2, 0) is 19.1 Å². The monoisotopic (exact) mass is 252 g/mol. The third kappa shape index (κ3) is 4.35. The van der Waals surface area contributed by atoms with E-state index in [1.165, 1.54) is 13.8 Å². The molecule has 0 N–H and O–H groups in total. The number of carbonyl (C=O) groups excluding carboxylic acids is 2. The minimum atomic E-state index is -0.869. The third-order valence-corrected chi connectivity index (χ3v) is 2.99. The molecule has 0 radical (unpaired) electrons. The van der Waals surface area contributed by atoms with Crippen LogP contribution < -0.4 is 0 Å². The quantitative estimate of drug-likeness (QED) is 0.438. The second-order valence-corrected chi connectivity index (χ2v) is 4.65. The van der Waals surface area contributed by atoms with Crippen molar-refractivity contribution in [3.05, 3.63) is 23.8 Å². The Morgan fingerprint density at radius 2 is 1.83 bits per heavy atom. The standard InChI is InChI=1S/C14H20O4/c1-9(2)12-5-7-13(8-6-12)14(17-10(3)15)18-11(4)16/h7,12,14H,1,5-6,8H2,2-4H3/t12-/m1/s1. The molecule has 0 bridgehead atoms. The lowest BCUT2D eigenvalue weighted by atomic mass is 9.85. The van der Waals surface area contributed by atoms with Crippen molar-refractivity contribution in [3.8, 4) is 0 Å². The molecular formula is C14H20O4. The van der Waals surface area contributed by atoms with E-state index in [2.05, 4.69) is 6.58 Å². The molecule has 0 aromatic rings. The van der Waals surface area contributed by atoms with Crippen LogP contribution in [0.3, 0.4) is 0 Å². The number of rotatable bonds is 4. The highest BCUT2D eigenvalue weighted by molar-refractivity contribution is 5.68. The molecule has 0 saturated carbocycles. The fourth-order valence-electron chi connectivity index (χ4n) is 1.99. The van der Waals surface area contributed by atoms with Gasteiger partial charge in [-0.2, -0.15) is 0 Å². The van der Waals surface area contributed by atoms with Gasteiger partial charge in [0.25, 0.3) is 6.29 Å². The molecule has 0 aliphatic heterocycles. The molecule has 1 aliphatic carbocycles. The van der Waals surface area contributed by atoms with Crippen LogP contribution in [-0.4, -0.2) is 18.2 Å². The lowest BCUT2D eigenvalue weighted by molar-refractivity contribution is -0.178. The molecule has 1 atom stereocenters. The summed E-state index contributed by atoms with van der Waals surface area (Å²) in [5.41, 5.74) is 2.01. The van der Waals surface area contributed by atoms with Crippen LogP contribution in [0, 0.1) is 5.92 Å². The van der Waals surface area contributed by atoms with Gasteiger partial charge in [0.05, 0.1) is 0 Å². The minimum absolute atomic E-state index is 0.454. The topological polar surface area (TPSA) is 52.6 Å². The minimum Gasteiger partial charge on any atom is -0.421 e. The Bertz CT molecular complexity index is 365. The highest BCUT2D eigenvalue weighted by atomic mass is 16.7. The molecule has 0 spiro atoms. The molecule has 18 heavy (non-hydrogen) atoms. The maximum absolute atomic E-state index is 11.0. The summed E-state index contributed by atoms with van der Waals surface area (Å²) >= 11 is 0. The van der Waals surface area contributed by atoms with Gasteiger partial charge in [0.1, 0.15) is 0 Å². The van der Waals surface area contributed by atoms with E-state index in [0.717, 1.165) is 30.4 Å². The molecule has 100 valence electrons. The summed E-state index contributed by atoms with van der Waals surface area (Å²) in [4.78, 5) is 22.0. The van der Waals surface area contributed by atoms with E-state index in [4.69, 9.17) is 9.47 Å². The van der Waals surface area contributed by atoms with E-state index in [1.807, 2.05) is 13.0 Å². The van der Waals surface area contributed by atoms with Gasteiger partial charge in [0, 0.05) is 19.4 Å². The molecule has 0 amide bonds. The van der Waals surface area contributed by atoms with Crippen LogP contribution in [0.15, 0.2) is 23.8 Å². The van der Waals surface area contributed by atoms with Crippen molar-refractivity contribution in [2.75, 3.05) is 0 Å². The molecule has 0 aromatic carbocycles. The summed E-state index contributed by atoms with van der Waals surface area (Å²) in [6.45, 7) is 8.56. The SMILES string of the molecule is C=C(C)[C@@H]1CC=C(C(OC(C)=O)OC(C)=O)CC1. The summed E-state index contributed by atoms with van der Waals surface area (Å²) < 4.78 is 10.0. The van der Waals surface area contributed by atoms with Crippen LogP contribution in [0.5, 0.6) is 0 Å². The molecule has 0 unspecified atom stereocenters. The van der Waals surface area contributed by atoms with E-state index in [1.54, 1.807) is 0 Å². The summed E-state index contributed by atoms with van der Waals surface area (Å²) in [6.07, 6.45) is 3.66. The number of hydrogen-bond donors (Lipinski definition) is 0. The van der Waals surface area contributed by atoms with Crippen molar-refractivity contribution >= 4 is 11.9 Å². The van der Waals surface area contributed by atoms with Crippen LogP contribution in [0.25, 0.3) is 0 Å². The van der Waals surface area contributed by atoms with Crippen molar-refractivity contribution in [1.29, 1.82) is 0 Å². The normalized spacial score (nSPS) is 19.1. The van der Waals surface area contributed by atoms with E-state index in [-0.39, 0.29) is 0 Å². The molecule has 1 aliphatic rings. The van der Waals surface area contributed by atoms with Gasteiger partial charge >= 0.3 is 11.9 Å². The lowest BCUT2D eigenvalue weighted by Gasteiger charge is -2.26. The number of ether oxygens (including phenoxy) is 2. The molecule has 0 heterocycles. The van der Waals surface area contributed by atoms with E-state index in [0.29, 0.717) is 5.92 Å². The first-order valence-corrected chi connectivity index (χ1v) is 6.09. The van der Waals surface area contributed by atoms with Gasteiger partial charge in [0.15, 0.2) is 0 Å². The smallest absolute Gasteiger partial charge is 0.305 e. The largest absolute Gasteiger partial charge is 0.421 e. The van der Waals surface area contributed by atoms with Crippen LogP contribution in [0.2, 0.25) is 0 Å². The third-order valence-electron chi connectivity index (χ3n) is 2.99. The maximum atomic E-state index is 11.0. The Labute approximate surface area is 108 Å². The first kappa shape index (κ1) is 14.5. The second kappa shape index (κ2) is 6.38. The zero-order valence-corrected chi connectivity index (χ0v) is 11.2. The Kier molecular flexibility index (Phi) is 5.13. The van der Waals surface area contributed by atoms with Gasteiger partial charge in [-0.3, -0.25) is 9.59 Å². The van der Waals surface area contributed by atoms with Gasteiger partial charge in [-0.15, -0.1) is 0 Å². The van der Waals surface area contributed by atoms with Gasteiger partial charge in [-0.1, -0.05) is 18.2 Å². The Morgan fingerprint density at radius 3 is 2.17 bits per heavy atom. The average molecular weight is 252 g/mol. The Morgan fingerprint density at radius 1 is 1.28 bits per heavy atom. The van der Waals surface area contributed by atoms with Crippen LogP contribution >= 0.6 is 0 Å². The highest BCUT2D eigenvalue weighted by Gasteiger charge is 2.25. The summed E-state index contributed by atoms with van der Waals surface area (Å²) in [6, 6.07) is 0. The number of hydrogen-bond acceptors (Lipinski definition) is 4. The fourth-order valence-corrected chi connectivity index (χ4v) is 1.99. The van der Waals surface area contributed by atoms with E-state index >= 15 is 0 Å². The number of carbonyl (C=O) groups is 2. The first-order chi connectivity index (χ1) is 8.40. The molecule has 4 nitrogen and oxygen atoms in total. The van der Waals surface area contributed by atoms with Crippen molar-refractivity contribution < 1.29 is 19.1 Å².